The maximum Gasteiger partial charge on any atom is 0.356 e. The average Bonchev–Trinajstić information content (AvgIpc) is 3.06. The van der Waals surface area contributed by atoms with E-state index in [0.29, 0.717) is 25.3 Å². The number of β-amino-alcohol motifs (C(OH)–C–C–N with tert-alkyl or cyclic N) is 1. The quantitative estimate of drug-likeness (QED) is 0.782. The molecular formula is C15H17ClN4O3. The van der Waals surface area contributed by atoms with Crippen LogP contribution in [0.5, 0.6) is 0 Å². The normalized spacial score (nSPS) is 20.9. The lowest BCUT2D eigenvalue weighted by atomic mass is 10.0. The Morgan fingerprint density at radius 3 is 2.91 bits per heavy atom. The van der Waals surface area contributed by atoms with Gasteiger partial charge in [-0.2, -0.15) is 5.10 Å². The molecule has 3 N–H and O–H groups in total. The molecule has 2 atom stereocenters. The number of nitrogens with one attached hydrogen (secondary N) is 1. The SMILES string of the molecule is Cc1cc(C[C@@H]2CN(c3ccc(Cl)c(C(=O)O)n3)C[C@@H]2O)n[nH]1. The summed E-state index contributed by atoms with van der Waals surface area (Å²) in [6.45, 7) is 2.92. The summed E-state index contributed by atoms with van der Waals surface area (Å²) >= 11 is 5.84. The first-order chi connectivity index (χ1) is 10.9. The first kappa shape index (κ1) is 15.8. The van der Waals surface area contributed by atoms with Crippen molar-refractivity contribution in [2.45, 2.75) is 19.4 Å². The van der Waals surface area contributed by atoms with Crippen LogP contribution in [0.25, 0.3) is 0 Å². The molecule has 122 valence electrons. The Kier molecular flexibility index (Phi) is 4.23. The summed E-state index contributed by atoms with van der Waals surface area (Å²) in [5.74, 6) is -0.643. The summed E-state index contributed by atoms with van der Waals surface area (Å²) in [4.78, 5) is 17.1. The van der Waals surface area contributed by atoms with Gasteiger partial charge < -0.3 is 15.1 Å². The molecule has 1 saturated heterocycles. The molecule has 0 bridgehead atoms. The fourth-order valence-electron chi connectivity index (χ4n) is 2.85. The third-order valence-corrected chi connectivity index (χ3v) is 4.30. The molecule has 0 unspecified atom stereocenters. The molecule has 0 radical (unpaired) electrons. The van der Waals surface area contributed by atoms with E-state index in [9.17, 15) is 9.90 Å². The van der Waals surface area contributed by atoms with E-state index in [-0.39, 0.29) is 16.6 Å². The number of aromatic amines is 1. The van der Waals surface area contributed by atoms with Gasteiger partial charge in [-0.15, -0.1) is 0 Å². The number of nitrogens with zero attached hydrogens (tertiary/aromatic N) is 3. The van der Waals surface area contributed by atoms with Crippen LogP contribution in [0.2, 0.25) is 5.02 Å². The van der Waals surface area contributed by atoms with Crippen molar-refractivity contribution < 1.29 is 15.0 Å². The van der Waals surface area contributed by atoms with Gasteiger partial charge in [0.1, 0.15) is 5.82 Å². The van der Waals surface area contributed by atoms with Gasteiger partial charge in [-0.25, -0.2) is 9.78 Å². The molecule has 8 heteroatoms. The molecule has 23 heavy (non-hydrogen) atoms. The number of hydrogen-bond donors (Lipinski definition) is 3. The van der Waals surface area contributed by atoms with Crippen LogP contribution in [0.3, 0.4) is 0 Å². The van der Waals surface area contributed by atoms with Crippen LogP contribution in [-0.2, 0) is 6.42 Å². The van der Waals surface area contributed by atoms with Gasteiger partial charge in [-0.1, -0.05) is 11.6 Å². The molecule has 2 aromatic rings. The Hall–Kier alpha value is -2.12. The highest BCUT2D eigenvalue weighted by Crippen LogP contribution is 2.27. The summed E-state index contributed by atoms with van der Waals surface area (Å²) < 4.78 is 0. The van der Waals surface area contributed by atoms with Crippen LogP contribution >= 0.6 is 11.6 Å². The molecule has 1 aliphatic heterocycles. The summed E-state index contributed by atoms with van der Waals surface area (Å²) in [6.07, 6.45) is 0.138. The Morgan fingerprint density at radius 1 is 1.48 bits per heavy atom. The minimum absolute atomic E-state index is 0.0171. The summed E-state index contributed by atoms with van der Waals surface area (Å²) in [6, 6.07) is 5.14. The van der Waals surface area contributed by atoms with Gasteiger partial charge in [-0.05, 0) is 31.5 Å². The van der Waals surface area contributed by atoms with Crippen LogP contribution in [-0.4, -0.2) is 50.6 Å². The number of carboxylic acid groups (broad SMARTS) is 1. The Balaban J connectivity index is 1.75. The van der Waals surface area contributed by atoms with E-state index in [4.69, 9.17) is 16.7 Å². The standard InChI is InChI=1S/C15H17ClN4O3/c1-8-4-10(19-18-8)5-9-6-20(7-12(9)21)13-3-2-11(16)14(17-13)15(22)23/h2-4,9,12,21H,5-7H2,1H3,(H,18,19)(H,22,23)/t9-,12+/m1/s1. The zero-order valence-corrected chi connectivity index (χ0v) is 13.3. The zero-order valence-electron chi connectivity index (χ0n) is 12.5. The van der Waals surface area contributed by atoms with Crippen molar-refractivity contribution in [3.05, 3.63) is 40.3 Å². The van der Waals surface area contributed by atoms with Crippen LogP contribution in [0.1, 0.15) is 21.9 Å². The highest BCUT2D eigenvalue weighted by molar-refractivity contribution is 6.33. The average molecular weight is 337 g/mol. The zero-order chi connectivity index (χ0) is 16.6. The van der Waals surface area contributed by atoms with Crippen molar-refractivity contribution in [3.63, 3.8) is 0 Å². The predicted octanol–water partition coefficient (Wildman–Crippen LogP) is 1.50. The molecule has 3 heterocycles. The summed E-state index contributed by atoms with van der Waals surface area (Å²) in [5.41, 5.74) is 1.71. The first-order valence-electron chi connectivity index (χ1n) is 7.28. The molecule has 0 amide bonds. The third kappa shape index (κ3) is 3.30. The fourth-order valence-corrected chi connectivity index (χ4v) is 3.03. The lowest BCUT2D eigenvalue weighted by molar-refractivity contribution is 0.0691. The number of halogens is 1. The van der Waals surface area contributed by atoms with Gasteiger partial charge in [0.25, 0.3) is 0 Å². The van der Waals surface area contributed by atoms with E-state index in [0.717, 1.165) is 11.4 Å². The Morgan fingerprint density at radius 2 is 2.26 bits per heavy atom. The minimum atomic E-state index is -1.17. The van der Waals surface area contributed by atoms with E-state index in [2.05, 4.69) is 15.2 Å². The lowest BCUT2D eigenvalue weighted by Gasteiger charge is -2.17. The summed E-state index contributed by atoms with van der Waals surface area (Å²) in [5, 5.41) is 26.6. The van der Waals surface area contributed by atoms with Gasteiger partial charge in [0.2, 0.25) is 0 Å². The van der Waals surface area contributed by atoms with Gasteiger partial charge in [0, 0.05) is 24.7 Å². The second kappa shape index (κ2) is 6.17. The number of carboxylic acids is 1. The van der Waals surface area contributed by atoms with Crippen LogP contribution < -0.4 is 4.90 Å². The number of aliphatic hydroxyl groups excluding tert-OH is 1. The van der Waals surface area contributed by atoms with Crippen LogP contribution in [0.15, 0.2) is 18.2 Å². The third-order valence-electron chi connectivity index (χ3n) is 3.99. The maximum atomic E-state index is 11.1. The van der Waals surface area contributed by atoms with E-state index >= 15 is 0 Å². The summed E-state index contributed by atoms with van der Waals surface area (Å²) in [7, 11) is 0. The largest absolute Gasteiger partial charge is 0.476 e. The van der Waals surface area contributed by atoms with E-state index in [1.165, 1.54) is 6.07 Å². The van der Waals surface area contributed by atoms with E-state index < -0.39 is 12.1 Å². The molecule has 1 aliphatic rings. The number of hydrogen-bond acceptors (Lipinski definition) is 5. The first-order valence-corrected chi connectivity index (χ1v) is 7.65. The molecule has 2 aromatic heterocycles. The van der Waals surface area contributed by atoms with Crippen molar-refractivity contribution in [1.82, 2.24) is 15.2 Å². The molecule has 0 aliphatic carbocycles. The highest BCUT2D eigenvalue weighted by atomic mass is 35.5. The number of carbonyl (C=O) groups is 1. The number of anilines is 1. The number of aromatic nitrogens is 3. The molecule has 0 spiro atoms. The molecule has 0 aromatic carbocycles. The number of aryl methyl sites for hydroxylation is 1. The minimum Gasteiger partial charge on any atom is -0.476 e. The van der Waals surface area contributed by atoms with Gasteiger partial charge in [0.15, 0.2) is 5.69 Å². The van der Waals surface area contributed by atoms with Crippen molar-refractivity contribution >= 4 is 23.4 Å². The number of aliphatic hydroxyl groups is 1. The monoisotopic (exact) mass is 336 g/mol. The smallest absolute Gasteiger partial charge is 0.356 e. The van der Waals surface area contributed by atoms with Crippen molar-refractivity contribution in [3.8, 4) is 0 Å². The van der Waals surface area contributed by atoms with Crippen LogP contribution in [0, 0.1) is 12.8 Å². The highest BCUT2D eigenvalue weighted by Gasteiger charge is 2.33. The van der Waals surface area contributed by atoms with Crippen molar-refractivity contribution in [1.29, 1.82) is 0 Å². The predicted molar refractivity (Wildman–Crippen MR) is 84.9 cm³/mol. The maximum absolute atomic E-state index is 11.1. The van der Waals surface area contributed by atoms with Gasteiger partial charge in [0.05, 0.1) is 16.8 Å². The molecule has 1 fully saturated rings. The number of pyridine rings is 1. The topological polar surface area (TPSA) is 102 Å². The molecule has 0 saturated carbocycles. The second-order valence-electron chi connectivity index (χ2n) is 5.78. The van der Waals surface area contributed by atoms with Crippen molar-refractivity contribution in [2.24, 2.45) is 5.92 Å². The fraction of sp³-hybridized carbons (Fsp3) is 0.400. The Labute approximate surface area is 137 Å². The van der Waals surface area contributed by atoms with Gasteiger partial charge in [-0.3, -0.25) is 5.10 Å². The molecule has 3 rings (SSSR count). The number of rotatable bonds is 4. The lowest BCUT2D eigenvalue weighted by Crippen LogP contribution is -2.23. The van der Waals surface area contributed by atoms with Gasteiger partial charge >= 0.3 is 5.97 Å². The van der Waals surface area contributed by atoms with E-state index in [1.54, 1.807) is 6.07 Å². The Bertz CT molecular complexity index is 733. The van der Waals surface area contributed by atoms with Crippen molar-refractivity contribution in [2.75, 3.05) is 18.0 Å². The molecule has 7 nitrogen and oxygen atoms in total. The number of aromatic carboxylic acids is 1. The second-order valence-corrected chi connectivity index (χ2v) is 6.19. The number of H-pyrrole nitrogens is 1. The van der Waals surface area contributed by atoms with E-state index in [1.807, 2.05) is 17.9 Å². The van der Waals surface area contributed by atoms with Crippen LogP contribution in [0.4, 0.5) is 5.82 Å². The molecular weight excluding hydrogens is 320 g/mol.